The fraction of sp³-hybridized carbons (Fsp3) is 0.800. The van der Waals surface area contributed by atoms with Crippen molar-refractivity contribution in [1.82, 2.24) is 5.32 Å². The molecule has 2 unspecified atom stereocenters. The number of nitrogens with one attached hydrogen (secondary N) is 1. The van der Waals surface area contributed by atoms with Crippen molar-refractivity contribution in [3.05, 3.63) is 11.4 Å². The molecule has 1 amide bonds. The number of halogens is 1. The molecule has 2 rings (SSSR count). The van der Waals surface area contributed by atoms with Crippen molar-refractivity contribution < 1.29 is 33.2 Å². The molecule has 0 aromatic carbocycles. The van der Waals surface area contributed by atoms with E-state index < -0.39 is 20.8 Å². The van der Waals surface area contributed by atoms with Crippen molar-refractivity contribution in [3.63, 3.8) is 0 Å². The summed E-state index contributed by atoms with van der Waals surface area (Å²) in [6, 6.07) is 0. The molecular weight excluding hydrogens is 400 g/mol. The predicted molar refractivity (Wildman–Crippen MR) is 108 cm³/mol. The number of ether oxygens (including phenoxy) is 2. The fourth-order valence-corrected chi connectivity index (χ4v) is 4.64. The van der Waals surface area contributed by atoms with Crippen LogP contribution in [0.2, 0.25) is 0 Å². The van der Waals surface area contributed by atoms with Gasteiger partial charge in [0.1, 0.15) is 13.2 Å². The molecule has 0 saturated heterocycles. The minimum absolute atomic E-state index is 0.0187. The van der Waals surface area contributed by atoms with E-state index in [4.69, 9.17) is 19.3 Å². The molecule has 9 heteroatoms. The molecule has 2 aliphatic carbocycles. The summed E-state index contributed by atoms with van der Waals surface area (Å²) in [5.74, 6) is 1.49. The van der Waals surface area contributed by atoms with E-state index in [2.05, 4.69) is 5.32 Å². The van der Waals surface area contributed by atoms with Gasteiger partial charge in [-0.15, -0.1) is 0 Å². The van der Waals surface area contributed by atoms with Crippen LogP contribution in [0, 0.1) is 11.8 Å². The van der Waals surface area contributed by atoms with Gasteiger partial charge in [-0.05, 0) is 63.1 Å². The number of amides is 1. The maximum Gasteiger partial charge on any atom is 0.409 e. The second-order valence-corrected chi connectivity index (χ2v) is 8.80. The zero-order valence-corrected chi connectivity index (χ0v) is 17.7. The van der Waals surface area contributed by atoms with E-state index >= 15 is 0 Å². The maximum atomic E-state index is 14.0. The third-order valence-corrected chi connectivity index (χ3v) is 6.16. The normalized spacial score (nSPS) is 23.0. The van der Waals surface area contributed by atoms with Crippen LogP contribution in [-0.4, -0.2) is 41.4 Å². The van der Waals surface area contributed by atoms with Gasteiger partial charge < -0.3 is 19.3 Å². The predicted octanol–water partition coefficient (Wildman–Crippen LogP) is 4.28. The molecular formula is C20H33FNO6P. The summed E-state index contributed by atoms with van der Waals surface area (Å²) in [7, 11) is -2.03. The van der Waals surface area contributed by atoms with Gasteiger partial charge in [0.2, 0.25) is 0 Å². The van der Waals surface area contributed by atoms with E-state index in [-0.39, 0.29) is 37.4 Å². The first-order valence-corrected chi connectivity index (χ1v) is 11.9. The minimum atomic E-state index is -2.03. The summed E-state index contributed by atoms with van der Waals surface area (Å²) in [5.41, 5.74) is 1.02. The van der Waals surface area contributed by atoms with E-state index in [1.165, 1.54) is 5.82 Å². The molecule has 0 aromatic rings. The van der Waals surface area contributed by atoms with Crippen LogP contribution in [0.4, 0.5) is 9.18 Å². The quantitative estimate of drug-likeness (QED) is 0.217. The highest BCUT2D eigenvalue weighted by atomic mass is 31.2. The Labute approximate surface area is 172 Å². The van der Waals surface area contributed by atoms with Crippen LogP contribution in [0.1, 0.15) is 70.6 Å². The number of rotatable bonds is 9. The van der Waals surface area contributed by atoms with Crippen molar-refractivity contribution in [1.29, 1.82) is 0 Å². The average molecular weight is 433 g/mol. The topological polar surface area (TPSA) is 105 Å². The summed E-state index contributed by atoms with van der Waals surface area (Å²) < 4.78 is 24.0. The van der Waals surface area contributed by atoms with Crippen LogP contribution >= 0.6 is 8.38 Å². The van der Waals surface area contributed by atoms with Gasteiger partial charge in [-0.1, -0.05) is 24.8 Å². The van der Waals surface area contributed by atoms with Crippen molar-refractivity contribution in [2.75, 3.05) is 13.2 Å². The van der Waals surface area contributed by atoms with Gasteiger partial charge in [0.25, 0.3) is 0 Å². The van der Waals surface area contributed by atoms with Crippen LogP contribution in [0.15, 0.2) is 11.4 Å². The summed E-state index contributed by atoms with van der Waals surface area (Å²) in [6.45, 7) is -0.117. The van der Waals surface area contributed by atoms with Crippen LogP contribution in [0.3, 0.4) is 0 Å². The third kappa shape index (κ3) is 9.87. The van der Waals surface area contributed by atoms with Crippen LogP contribution in [0.25, 0.3) is 0 Å². The number of carbonyl (C=O) groups excluding carboxylic acids is 2. The molecule has 166 valence electrons. The lowest BCUT2D eigenvalue weighted by molar-refractivity contribution is -0.150. The molecule has 2 saturated carbocycles. The van der Waals surface area contributed by atoms with E-state index in [1.54, 1.807) is 0 Å². The van der Waals surface area contributed by atoms with Gasteiger partial charge in [-0.3, -0.25) is 10.1 Å². The van der Waals surface area contributed by atoms with Crippen molar-refractivity contribution in [3.8, 4) is 0 Å². The van der Waals surface area contributed by atoms with Crippen LogP contribution in [0.5, 0.6) is 0 Å². The Morgan fingerprint density at radius 3 is 2.59 bits per heavy atom. The highest BCUT2D eigenvalue weighted by Crippen LogP contribution is 2.37. The zero-order valence-electron chi connectivity index (χ0n) is 16.9. The molecule has 7 nitrogen and oxygen atoms in total. The van der Waals surface area contributed by atoms with E-state index in [0.29, 0.717) is 6.42 Å². The van der Waals surface area contributed by atoms with Gasteiger partial charge >= 0.3 is 12.1 Å². The number of esters is 1. The molecule has 0 bridgehead atoms. The third-order valence-electron chi connectivity index (χ3n) is 5.56. The fourth-order valence-electron chi connectivity index (χ4n) is 4.08. The van der Waals surface area contributed by atoms with E-state index in [1.807, 2.05) is 0 Å². The molecule has 0 heterocycles. The SMILES string of the molecule is O=C(NC(F)CCC1CCCC(=CP(O)O)C1)OCCOC(=O)C1CCCCC1. The number of alkyl halides is 1. The van der Waals surface area contributed by atoms with E-state index in [0.717, 1.165) is 63.4 Å². The molecule has 0 aliphatic heterocycles. The number of hydrogen-bond donors (Lipinski definition) is 3. The zero-order chi connectivity index (χ0) is 21.1. The minimum Gasteiger partial charge on any atom is -0.462 e. The molecule has 29 heavy (non-hydrogen) atoms. The maximum absolute atomic E-state index is 14.0. The van der Waals surface area contributed by atoms with Crippen molar-refractivity contribution >= 4 is 20.4 Å². The van der Waals surface area contributed by atoms with Gasteiger partial charge in [0.15, 0.2) is 14.7 Å². The Kier molecular flexibility index (Phi) is 10.9. The number of alkyl carbamates (subject to hydrolysis) is 1. The van der Waals surface area contributed by atoms with Gasteiger partial charge in [0.05, 0.1) is 5.92 Å². The monoisotopic (exact) mass is 433 g/mol. The van der Waals surface area contributed by atoms with Gasteiger partial charge in [-0.2, -0.15) is 0 Å². The van der Waals surface area contributed by atoms with Crippen molar-refractivity contribution in [2.45, 2.75) is 76.9 Å². The number of allylic oxidation sites excluding steroid dienone is 1. The molecule has 2 atom stereocenters. The number of hydrogen-bond acceptors (Lipinski definition) is 6. The van der Waals surface area contributed by atoms with Gasteiger partial charge in [-0.25, -0.2) is 9.18 Å². The molecule has 2 aliphatic rings. The molecule has 0 aromatic heterocycles. The Balaban J connectivity index is 1.55. The number of carbonyl (C=O) groups is 2. The lowest BCUT2D eigenvalue weighted by Gasteiger charge is -2.25. The first kappa shape index (κ1) is 24.0. The summed E-state index contributed by atoms with van der Waals surface area (Å²) in [6.07, 6.45) is 6.86. The Hall–Kier alpha value is -1.24. The molecule has 0 radical (unpaired) electrons. The largest absolute Gasteiger partial charge is 0.462 e. The van der Waals surface area contributed by atoms with Crippen molar-refractivity contribution in [2.24, 2.45) is 11.8 Å². The Bertz CT molecular complexity index is 553. The highest BCUT2D eigenvalue weighted by Gasteiger charge is 2.23. The standard InChI is InChI=1S/C20H33FNO6P/c21-18(10-9-15-5-4-6-16(13-15)14-29(25)26)22-20(24)28-12-11-27-19(23)17-7-2-1-3-8-17/h14-15,17-18,25-26H,1-13H2,(H,22,24). The van der Waals surface area contributed by atoms with Gasteiger partial charge in [0, 0.05) is 0 Å². The lowest BCUT2D eigenvalue weighted by Crippen LogP contribution is -2.33. The van der Waals surface area contributed by atoms with Crippen LogP contribution < -0.4 is 5.32 Å². The molecule has 0 spiro atoms. The second kappa shape index (κ2) is 13.1. The molecule has 2 fully saturated rings. The summed E-state index contributed by atoms with van der Waals surface area (Å²) >= 11 is 0. The first-order valence-electron chi connectivity index (χ1n) is 10.5. The lowest BCUT2D eigenvalue weighted by atomic mass is 9.83. The Morgan fingerprint density at radius 2 is 1.86 bits per heavy atom. The highest BCUT2D eigenvalue weighted by molar-refractivity contribution is 7.48. The van der Waals surface area contributed by atoms with Crippen LogP contribution in [-0.2, 0) is 14.3 Å². The Morgan fingerprint density at radius 1 is 1.14 bits per heavy atom. The second-order valence-electron chi connectivity index (χ2n) is 7.90. The smallest absolute Gasteiger partial charge is 0.409 e. The first-order chi connectivity index (χ1) is 13.9. The summed E-state index contributed by atoms with van der Waals surface area (Å²) in [5, 5.41) is 2.15. The summed E-state index contributed by atoms with van der Waals surface area (Å²) in [4.78, 5) is 41.7. The molecule has 3 N–H and O–H groups in total. The average Bonchev–Trinajstić information content (AvgIpc) is 2.70. The van der Waals surface area contributed by atoms with E-state index in [9.17, 15) is 14.0 Å².